The first-order chi connectivity index (χ1) is 6.20. The molecule has 0 atom stereocenters. The van der Waals surface area contributed by atoms with Gasteiger partial charge < -0.3 is 10.1 Å². The molecule has 6 heteroatoms. The van der Waals surface area contributed by atoms with Crippen LogP contribution in [-0.2, 0) is 0 Å². The summed E-state index contributed by atoms with van der Waals surface area (Å²) in [6, 6.07) is 1.33. The summed E-state index contributed by atoms with van der Waals surface area (Å²) in [6.07, 6.45) is 2.63. The second kappa shape index (κ2) is 2.44. The van der Waals surface area contributed by atoms with Crippen LogP contribution in [0, 0.1) is 0 Å². The van der Waals surface area contributed by atoms with E-state index in [0.717, 1.165) is 0 Å². The Morgan fingerprint density at radius 1 is 1.62 bits per heavy atom. The minimum absolute atomic E-state index is 0.0469. The van der Waals surface area contributed by atoms with Crippen molar-refractivity contribution >= 4 is 11.5 Å². The van der Waals surface area contributed by atoms with Crippen LogP contribution in [0.2, 0.25) is 0 Å². The van der Waals surface area contributed by atoms with Gasteiger partial charge in [0.2, 0.25) is 0 Å². The molecule has 0 aliphatic rings. The predicted molar refractivity (Wildman–Crippen MR) is 42.8 cm³/mol. The van der Waals surface area contributed by atoms with Crippen LogP contribution < -0.4 is 5.56 Å². The van der Waals surface area contributed by atoms with Crippen LogP contribution >= 0.6 is 0 Å². The maximum absolute atomic E-state index is 11.2. The van der Waals surface area contributed by atoms with Gasteiger partial charge in [0.15, 0.2) is 0 Å². The maximum atomic E-state index is 11.2. The predicted octanol–water partition coefficient (Wildman–Crippen LogP) is -0.279. The number of rotatable bonds is 1. The van der Waals surface area contributed by atoms with Crippen LogP contribution in [0.3, 0.4) is 0 Å². The smallest absolute Gasteiger partial charge is 0.338 e. The minimum atomic E-state index is -1.14. The molecule has 0 radical (unpaired) electrons. The lowest BCUT2D eigenvalue weighted by atomic mass is 10.3. The number of aromatic nitrogens is 3. The van der Waals surface area contributed by atoms with Gasteiger partial charge in [-0.1, -0.05) is 0 Å². The fourth-order valence-electron chi connectivity index (χ4n) is 1.14. The molecule has 0 unspecified atom stereocenters. The quantitative estimate of drug-likeness (QED) is 0.630. The van der Waals surface area contributed by atoms with Crippen molar-refractivity contribution in [3.63, 3.8) is 0 Å². The monoisotopic (exact) mass is 179 g/mol. The summed E-state index contributed by atoms with van der Waals surface area (Å²) in [4.78, 5) is 24.1. The number of hydrogen-bond acceptors (Lipinski definition) is 3. The van der Waals surface area contributed by atoms with E-state index >= 15 is 0 Å². The number of carboxylic acid groups (broad SMARTS) is 1. The Hall–Kier alpha value is -2.11. The lowest BCUT2D eigenvalue weighted by molar-refractivity contribution is 0.0699. The average molecular weight is 179 g/mol. The normalized spacial score (nSPS) is 10.5. The van der Waals surface area contributed by atoms with Crippen molar-refractivity contribution in [2.75, 3.05) is 0 Å². The van der Waals surface area contributed by atoms with E-state index in [1.807, 2.05) is 0 Å². The number of nitrogens with zero attached hydrogens (tertiary/aromatic N) is 2. The Kier molecular flexibility index (Phi) is 1.42. The number of hydrogen-bond donors (Lipinski definition) is 2. The lowest BCUT2D eigenvalue weighted by Gasteiger charge is -1.91. The summed E-state index contributed by atoms with van der Waals surface area (Å²) < 4.78 is 1.22. The first kappa shape index (κ1) is 7.53. The van der Waals surface area contributed by atoms with Gasteiger partial charge in [0.25, 0.3) is 5.56 Å². The highest BCUT2D eigenvalue weighted by Gasteiger charge is 2.12. The highest BCUT2D eigenvalue weighted by Crippen LogP contribution is 2.05. The van der Waals surface area contributed by atoms with Gasteiger partial charge in [-0.2, -0.15) is 5.10 Å². The standard InChI is InChI=1S/C7H5N3O3/c11-6-5-4(7(12)13)1-2-10(5)9-3-8-6/h1-3H,(H,12,13)(H,8,9,11). The Bertz CT molecular complexity index is 525. The van der Waals surface area contributed by atoms with Gasteiger partial charge in [0.05, 0.1) is 5.56 Å². The molecule has 13 heavy (non-hydrogen) atoms. The number of carbonyl (C=O) groups is 1. The topological polar surface area (TPSA) is 87.5 Å². The van der Waals surface area contributed by atoms with E-state index in [0.29, 0.717) is 0 Å². The summed E-state index contributed by atoms with van der Waals surface area (Å²) in [6.45, 7) is 0. The molecule has 0 spiro atoms. The second-order valence-electron chi connectivity index (χ2n) is 2.45. The fraction of sp³-hybridized carbons (Fsp3) is 0. The molecule has 0 aromatic carbocycles. The molecule has 2 aromatic heterocycles. The average Bonchev–Trinajstić information content (AvgIpc) is 2.49. The van der Waals surface area contributed by atoms with Crippen molar-refractivity contribution in [1.29, 1.82) is 0 Å². The van der Waals surface area contributed by atoms with Crippen LogP contribution in [-0.4, -0.2) is 25.7 Å². The zero-order valence-corrected chi connectivity index (χ0v) is 6.39. The number of H-pyrrole nitrogens is 1. The molecule has 2 aromatic rings. The molecule has 2 N–H and O–H groups in total. The van der Waals surface area contributed by atoms with Gasteiger partial charge in [0, 0.05) is 6.20 Å². The SMILES string of the molecule is O=C(O)c1ccn2nc[nH]c(=O)c12. The first-order valence-corrected chi connectivity index (χ1v) is 3.48. The summed E-state index contributed by atoms with van der Waals surface area (Å²) >= 11 is 0. The Morgan fingerprint density at radius 3 is 3.08 bits per heavy atom. The van der Waals surface area contributed by atoms with E-state index in [2.05, 4.69) is 10.1 Å². The van der Waals surface area contributed by atoms with Crippen LogP contribution in [0.5, 0.6) is 0 Å². The molecule has 2 rings (SSSR count). The molecule has 0 saturated heterocycles. The van der Waals surface area contributed by atoms with E-state index in [4.69, 9.17) is 5.11 Å². The van der Waals surface area contributed by atoms with Crippen LogP contribution in [0.4, 0.5) is 0 Å². The summed E-state index contributed by atoms with van der Waals surface area (Å²) in [5.41, 5.74) is -0.457. The maximum Gasteiger partial charge on any atom is 0.338 e. The summed E-state index contributed by atoms with van der Waals surface area (Å²) in [5.74, 6) is -1.14. The highest BCUT2D eigenvalue weighted by molar-refractivity contribution is 5.95. The Morgan fingerprint density at radius 2 is 2.38 bits per heavy atom. The zero-order valence-electron chi connectivity index (χ0n) is 6.39. The first-order valence-electron chi connectivity index (χ1n) is 3.48. The molecule has 0 aliphatic carbocycles. The highest BCUT2D eigenvalue weighted by atomic mass is 16.4. The largest absolute Gasteiger partial charge is 0.478 e. The van der Waals surface area contributed by atoms with Crippen molar-refractivity contribution in [2.45, 2.75) is 0 Å². The van der Waals surface area contributed by atoms with Gasteiger partial charge in [-0.05, 0) is 6.07 Å². The van der Waals surface area contributed by atoms with Crippen LogP contribution in [0.25, 0.3) is 5.52 Å². The molecular formula is C7H5N3O3. The van der Waals surface area contributed by atoms with Gasteiger partial charge in [-0.15, -0.1) is 0 Å². The van der Waals surface area contributed by atoms with Gasteiger partial charge in [-0.25, -0.2) is 9.31 Å². The molecule has 0 aliphatic heterocycles. The van der Waals surface area contributed by atoms with Gasteiger partial charge in [-0.3, -0.25) is 4.79 Å². The van der Waals surface area contributed by atoms with Crippen molar-refractivity contribution in [3.05, 3.63) is 34.5 Å². The molecular weight excluding hydrogens is 174 g/mol. The van der Waals surface area contributed by atoms with E-state index in [1.165, 1.54) is 23.1 Å². The van der Waals surface area contributed by atoms with Crippen molar-refractivity contribution in [2.24, 2.45) is 0 Å². The summed E-state index contributed by atoms with van der Waals surface area (Å²) in [5, 5.41) is 12.4. The molecule has 0 fully saturated rings. The number of carboxylic acids is 1. The number of aromatic carboxylic acids is 1. The number of fused-ring (bicyclic) bond motifs is 1. The number of nitrogens with one attached hydrogen (secondary N) is 1. The molecule has 0 saturated carbocycles. The van der Waals surface area contributed by atoms with Crippen molar-refractivity contribution in [3.8, 4) is 0 Å². The lowest BCUT2D eigenvalue weighted by Crippen LogP contribution is -2.13. The van der Waals surface area contributed by atoms with Gasteiger partial charge >= 0.3 is 5.97 Å². The van der Waals surface area contributed by atoms with Crippen molar-refractivity contribution in [1.82, 2.24) is 14.6 Å². The third-order valence-electron chi connectivity index (χ3n) is 1.69. The van der Waals surface area contributed by atoms with E-state index < -0.39 is 11.5 Å². The second-order valence-corrected chi connectivity index (χ2v) is 2.45. The molecule has 0 bridgehead atoms. The third-order valence-corrected chi connectivity index (χ3v) is 1.69. The zero-order chi connectivity index (χ0) is 9.42. The Balaban J connectivity index is 2.95. The van der Waals surface area contributed by atoms with E-state index in [1.54, 1.807) is 0 Å². The van der Waals surface area contributed by atoms with Gasteiger partial charge in [0.1, 0.15) is 11.8 Å². The fourth-order valence-corrected chi connectivity index (χ4v) is 1.14. The minimum Gasteiger partial charge on any atom is -0.478 e. The van der Waals surface area contributed by atoms with E-state index in [-0.39, 0.29) is 11.1 Å². The summed E-state index contributed by atoms with van der Waals surface area (Å²) in [7, 11) is 0. The molecule has 66 valence electrons. The Labute approximate surface area is 71.4 Å². The van der Waals surface area contributed by atoms with Crippen LogP contribution in [0.1, 0.15) is 10.4 Å². The van der Waals surface area contributed by atoms with E-state index in [9.17, 15) is 9.59 Å². The van der Waals surface area contributed by atoms with Crippen LogP contribution in [0.15, 0.2) is 23.4 Å². The molecule has 0 amide bonds. The molecule has 2 heterocycles. The third kappa shape index (κ3) is 0.994. The number of aromatic amines is 1. The van der Waals surface area contributed by atoms with Crippen molar-refractivity contribution < 1.29 is 9.90 Å². The molecule has 6 nitrogen and oxygen atoms in total.